The van der Waals surface area contributed by atoms with E-state index in [1.54, 1.807) is 0 Å². The third-order valence-electron chi connectivity index (χ3n) is 19.8. The molecule has 0 radical (unpaired) electrons. The highest BCUT2D eigenvalue weighted by Gasteiger charge is 2.24. The number of phosphoric ester groups is 1. The van der Waals surface area contributed by atoms with Crippen LogP contribution in [-0.4, -0.2) is 68.5 Å². The molecule has 0 aromatic carbocycles. The predicted molar refractivity (Wildman–Crippen MR) is 395 cm³/mol. The fourth-order valence-electron chi connectivity index (χ4n) is 13.5. The van der Waals surface area contributed by atoms with Crippen LogP contribution in [0, 0.1) is 0 Å². The molecule has 90 heavy (non-hydrogen) atoms. The van der Waals surface area contributed by atoms with Crippen LogP contribution < -0.4 is 10.2 Å². The highest BCUT2D eigenvalue weighted by Crippen LogP contribution is 2.38. The van der Waals surface area contributed by atoms with Crippen molar-refractivity contribution in [2.24, 2.45) is 0 Å². The van der Waals surface area contributed by atoms with Crippen molar-refractivity contribution < 1.29 is 32.9 Å². The third kappa shape index (κ3) is 74.9. The Morgan fingerprint density at radius 1 is 0.344 bits per heavy atom. The van der Waals surface area contributed by atoms with Gasteiger partial charge in [0, 0.05) is 6.42 Å². The van der Waals surface area contributed by atoms with Crippen molar-refractivity contribution in [3.05, 3.63) is 0 Å². The van der Waals surface area contributed by atoms with Crippen LogP contribution in [0.2, 0.25) is 0 Å². The zero-order valence-electron chi connectivity index (χ0n) is 62.2. The molecule has 540 valence electrons. The van der Waals surface area contributed by atoms with Gasteiger partial charge >= 0.3 is 0 Å². The summed E-state index contributed by atoms with van der Waals surface area (Å²) in [6, 6.07) is -0.798. The minimum Gasteiger partial charge on any atom is -0.756 e. The first kappa shape index (κ1) is 89.5. The fraction of sp³-hybridized carbons (Fsp3) is 0.988. The number of carbonyl (C=O) groups is 1. The Morgan fingerprint density at radius 2 is 0.544 bits per heavy atom. The quantitative estimate of drug-likeness (QED) is 0.0357. The van der Waals surface area contributed by atoms with Crippen molar-refractivity contribution in [2.45, 2.75) is 475 Å². The van der Waals surface area contributed by atoms with Gasteiger partial charge in [0.1, 0.15) is 13.2 Å². The average Bonchev–Trinajstić information content (AvgIpc) is 3.73. The lowest BCUT2D eigenvalue weighted by Gasteiger charge is -2.30. The maximum absolute atomic E-state index is 13.1. The largest absolute Gasteiger partial charge is 0.756 e. The van der Waals surface area contributed by atoms with Gasteiger partial charge in [0.2, 0.25) is 5.91 Å². The Balaban J connectivity index is 3.86. The van der Waals surface area contributed by atoms with Gasteiger partial charge in [0.05, 0.1) is 39.9 Å². The summed E-state index contributed by atoms with van der Waals surface area (Å²) in [6.07, 6.45) is 93.9. The Kier molecular flexibility index (Phi) is 72.4. The number of aliphatic hydroxyl groups excluding tert-OH is 1. The SMILES string of the molecule is CCCCCCCCCCCCCCCCCCCCCCCCCCCCCCCCCCCCCCCCC(=O)NC(COP(=O)([O-])OCC[N+](C)(C)C)C(O)CCCCCCCCCCCCCCCCCCCCCCCCCCCCCCCC. The predicted octanol–water partition coefficient (Wildman–Crippen LogP) is 26.4. The molecule has 8 nitrogen and oxygen atoms in total. The minimum atomic E-state index is -4.58. The van der Waals surface area contributed by atoms with Crippen molar-refractivity contribution >= 4 is 13.7 Å². The van der Waals surface area contributed by atoms with Crippen molar-refractivity contribution in [3.8, 4) is 0 Å². The molecule has 1 amide bonds. The van der Waals surface area contributed by atoms with E-state index in [1.165, 1.54) is 398 Å². The number of nitrogens with zero attached hydrogens (tertiary/aromatic N) is 1. The van der Waals surface area contributed by atoms with E-state index in [0.717, 1.165) is 38.5 Å². The van der Waals surface area contributed by atoms with Crippen LogP contribution in [0.1, 0.15) is 463 Å². The van der Waals surface area contributed by atoms with Crippen molar-refractivity contribution in [3.63, 3.8) is 0 Å². The molecule has 3 unspecified atom stereocenters. The normalized spacial score (nSPS) is 13.4. The number of rotatable bonds is 79. The molecule has 0 aliphatic heterocycles. The van der Waals surface area contributed by atoms with Crippen LogP contribution in [0.15, 0.2) is 0 Å². The summed E-state index contributed by atoms with van der Waals surface area (Å²) >= 11 is 0. The lowest BCUT2D eigenvalue weighted by Crippen LogP contribution is -2.46. The zero-order chi connectivity index (χ0) is 65.5. The second-order valence-electron chi connectivity index (χ2n) is 30.2. The first-order valence-electron chi connectivity index (χ1n) is 41.4. The maximum atomic E-state index is 13.1. The average molecular weight is 1290 g/mol. The first-order valence-corrected chi connectivity index (χ1v) is 42.8. The van der Waals surface area contributed by atoms with Gasteiger partial charge in [-0.05, 0) is 12.8 Å². The van der Waals surface area contributed by atoms with Gasteiger partial charge in [-0.15, -0.1) is 0 Å². The summed E-state index contributed by atoms with van der Waals surface area (Å²) in [5.74, 6) is -0.151. The van der Waals surface area contributed by atoms with E-state index in [9.17, 15) is 19.4 Å². The molecular formula is C81H165N2O6P. The molecule has 0 fully saturated rings. The Labute approximate surface area is 565 Å². The van der Waals surface area contributed by atoms with Gasteiger partial charge in [-0.3, -0.25) is 9.36 Å². The number of carbonyl (C=O) groups excluding carboxylic acids is 1. The number of likely N-dealkylation sites (N-methyl/N-ethyl adjacent to an activating group) is 1. The fourth-order valence-corrected chi connectivity index (χ4v) is 14.2. The summed E-state index contributed by atoms with van der Waals surface area (Å²) < 4.78 is 23.6. The number of aliphatic hydroxyl groups is 1. The van der Waals surface area contributed by atoms with E-state index in [0.29, 0.717) is 23.9 Å². The molecule has 0 heterocycles. The van der Waals surface area contributed by atoms with E-state index >= 15 is 0 Å². The molecule has 0 saturated heterocycles. The number of phosphoric acid groups is 1. The molecule has 0 bridgehead atoms. The molecule has 0 rings (SSSR count). The number of hydrogen-bond donors (Lipinski definition) is 2. The summed E-state index contributed by atoms with van der Waals surface area (Å²) in [5.41, 5.74) is 0. The van der Waals surface area contributed by atoms with E-state index in [4.69, 9.17) is 9.05 Å². The van der Waals surface area contributed by atoms with Crippen LogP contribution >= 0.6 is 7.82 Å². The van der Waals surface area contributed by atoms with Gasteiger partial charge in [-0.25, -0.2) is 0 Å². The molecule has 3 atom stereocenters. The number of hydrogen-bond acceptors (Lipinski definition) is 6. The van der Waals surface area contributed by atoms with Crippen LogP contribution in [0.4, 0.5) is 0 Å². The minimum absolute atomic E-state index is 0.0172. The smallest absolute Gasteiger partial charge is 0.268 e. The molecule has 0 aromatic heterocycles. The molecule has 0 spiro atoms. The van der Waals surface area contributed by atoms with Crippen molar-refractivity contribution in [2.75, 3.05) is 40.9 Å². The molecule has 9 heteroatoms. The van der Waals surface area contributed by atoms with E-state index in [1.807, 2.05) is 21.1 Å². The van der Waals surface area contributed by atoms with Crippen LogP contribution in [0.5, 0.6) is 0 Å². The van der Waals surface area contributed by atoms with Gasteiger partial charge in [0.25, 0.3) is 7.82 Å². The van der Waals surface area contributed by atoms with Gasteiger partial charge in [0.15, 0.2) is 0 Å². The Hall–Kier alpha value is -0.500. The molecular weight excluding hydrogens is 1130 g/mol. The van der Waals surface area contributed by atoms with E-state index in [2.05, 4.69) is 19.2 Å². The van der Waals surface area contributed by atoms with Gasteiger partial charge in [-0.2, -0.15) is 0 Å². The molecule has 0 aliphatic carbocycles. The van der Waals surface area contributed by atoms with Crippen molar-refractivity contribution in [1.29, 1.82) is 0 Å². The lowest BCUT2D eigenvalue weighted by molar-refractivity contribution is -0.870. The highest BCUT2D eigenvalue weighted by atomic mass is 31.2. The number of unbranched alkanes of at least 4 members (excludes halogenated alkanes) is 66. The lowest BCUT2D eigenvalue weighted by atomic mass is 10.0. The summed E-state index contributed by atoms with van der Waals surface area (Å²) in [7, 11) is 1.34. The molecule has 0 saturated carbocycles. The Morgan fingerprint density at radius 3 is 0.756 bits per heavy atom. The zero-order valence-corrected chi connectivity index (χ0v) is 63.1. The maximum Gasteiger partial charge on any atom is 0.268 e. The second-order valence-corrected chi connectivity index (χ2v) is 31.6. The Bertz CT molecular complexity index is 1430. The highest BCUT2D eigenvalue weighted by molar-refractivity contribution is 7.45. The standard InChI is InChI=1S/C81H165N2O6P/c1-6-8-10-12-14-16-18-20-22-24-26-28-30-32-34-36-38-39-40-41-42-43-44-45-47-49-51-53-55-57-59-61-63-65-67-69-71-73-75-81(85)82-79(78-89-90(86,87)88-77-76-83(3,4)5)80(84)74-72-70-68-66-64-62-60-58-56-54-52-50-48-46-37-35-33-31-29-27-25-23-21-19-17-15-13-11-9-7-2/h79-80,84H,6-78H2,1-5H3,(H-,82,85,86,87). The third-order valence-corrected chi connectivity index (χ3v) is 20.8. The van der Waals surface area contributed by atoms with Crippen LogP contribution in [-0.2, 0) is 18.4 Å². The number of nitrogens with one attached hydrogen (secondary N) is 1. The first-order chi connectivity index (χ1) is 44.0. The summed E-state index contributed by atoms with van der Waals surface area (Å²) in [4.78, 5) is 25.8. The second kappa shape index (κ2) is 72.8. The van der Waals surface area contributed by atoms with Crippen molar-refractivity contribution in [1.82, 2.24) is 5.32 Å². The molecule has 0 aromatic rings. The molecule has 2 N–H and O–H groups in total. The van der Waals surface area contributed by atoms with Crippen LogP contribution in [0.25, 0.3) is 0 Å². The monoisotopic (exact) mass is 1290 g/mol. The topological polar surface area (TPSA) is 108 Å². The molecule has 0 aliphatic rings. The number of quaternary nitrogens is 1. The van der Waals surface area contributed by atoms with E-state index < -0.39 is 20.0 Å². The number of amides is 1. The van der Waals surface area contributed by atoms with Gasteiger partial charge in [-0.1, -0.05) is 444 Å². The summed E-state index contributed by atoms with van der Waals surface area (Å²) in [6.45, 7) is 4.81. The van der Waals surface area contributed by atoms with E-state index in [-0.39, 0.29) is 19.1 Å². The summed E-state index contributed by atoms with van der Waals surface area (Å²) in [5, 5.41) is 14.2. The van der Waals surface area contributed by atoms with Crippen LogP contribution in [0.3, 0.4) is 0 Å². The van der Waals surface area contributed by atoms with Gasteiger partial charge < -0.3 is 28.8 Å².